The number of rotatable bonds is 6. The molecule has 1 atom stereocenters. The van der Waals surface area contributed by atoms with Crippen molar-refractivity contribution < 1.29 is 27.8 Å². The summed E-state index contributed by atoms with van der Waals surface area (Å²) >= 11 is 0. The van der Waals surface area contributed by atoms with Gasteiger partial charge in [0.2, 0.25) is 11.5 Å². The van der Waals surface area contributed by atoms with E-state index >= 15 is 4.39 Å². The van der Waals surface area contributed by atoms with Crippen LogP contribution in [0.4, 0.5) is 14.5 Å². The van der Waals surface area contributed by atoms with E-state index < -0.39 is 35.6 Å². The SMILES string of the molecule is CCO[C@]1(c2ccc(F)cc2)C(=O)N(CC(N)=O)c2ccc(OC)c(F)c21. The molecule has 142 valence electrons. The smallest absolute Gasteiger partial charge is 0.269 e. The third-order valence-corrected chi connectivity index (χ3v) is 4.42. The van der Waals surface area contributed by atoms with Crippen LogP contribution in [-0.2, 0) is 19.9 Å². The van der Waals surface area contributed by atoms with Gasteiger partial charge in [0, 0.05) is 6.61 Å². The molecule has 3 rings (SSSR count). The zero-order chi connectivity index (χ0) is 19.8. The molecule has 2 N–H and O–H groups in total. The third kappa shape index (κ3) is 2.82. The molecule has 1 heterocycles. The maximum Gasteiger partial charge on any atom is 0.269 e. The van der Waals surface area contributed by atoms with Crippen LogP contribution in [0, 0.1) is 11.6 Å². The van der Waals surface area contributed by atoms with E-state index in [2.05, 4.69) is 0 Å². The predicted octanol–water partition coefficient (Wildman–Crippen LogP) is 2.09. The number of hydrogen-bond acceptors (Lipinski definition) is 4. The van der Waals surface area contributed by atoms with E-state index in [1.807, 2.05) is 0 Å². The fourth-order valence-electron chi connectivity index (χ4n) is 3.37. The van der Waals surface area contributed by atoms with Gasteiger partial charge in [-0.3, -0.25) is 14.5 Å². The van der Waals surface area contributed by atoms with Gasteiger partial charge in [0.15, 0.2) is 11.6 Å². The van der Waals surface area contributed by atoms with Gasteiger partial charge in [-0.1, -0.05) is 12.1 Å². The number of anilines is 1. The van der Waals surface area contributed by atoms with E-state index in [0.29, 0.717) is 0 Å². The molecule has 0 saturated heterocycles. The fraction of sp³-hybridized carbons (Fsp3) is 0.263. The molecule has 0 aliphatic carbocycles. The predicted molar refractivity (Wildman–Crippen MR) is 93.3 cm³/mol. The summed E-state index contributed by atoms with van der Waals surface area (Å²) in [6.45, 7) is 1.25. The molecule has 8 heteroatoms. The van der Waals surface area contributed by atoms with Gasteiger partial charge < -0.3 is 15.2 Å². The minimum atomic E-state index is -1.88. The summed E-state index contributed by atoms with van der Waals surface area (Å²) in [6, 6.07) is 7.80. The van der Waals surface area contributed by atoms with Crippen LogP contribution in [0.15, 0.2) is 36.4 Å². The van der Waals surface area contributed by atoms with E-state index in [1.54, 1.807) is 6.92 Å². The topological polar surface area (TPSA) is 81.9 Å². The number of halogens is 2. The third-order valence-electron chi connectivity index (χ3n) is 4.42. The molecule has 2 aromatic carbocycles. The fourth-order valence-corrected chi connectivity index (χ4v) is 3.37. The molecule has 27 heavy (non-hydrogen) atoms. The number of carbonyl (C=O) groups is 2. The Bertz CT molecular complexity index is 901. The Hall–Kier alpha value is -3.00. The normalized spacial score (nSPS) is 18.5. The van der Waals surface area contributed by atoms with Crippen LogP contribution >= 0.6 is 0 Å². The van der Waals surface area contributed by atoms with Crippen molar-refractivity contribution in [2.75, 3.05) is 25.2 Å². The van der Waals surface area contributed by atoms with Crippen LogP contribution in [-0.4, -0.2) is 32.1 Å². The highest BCUT2D eigenvalue weighted by atomic mass is 19.1. The Labute approximate surface area is 154 Å². The highest BCUT2D eigenvalue weighted by Crippen LogP contribution is 2.50. The Morgan fingerprint density at radius 2 is 1.85 bits per heavy atom. The highest BCUT2D eigenvalue weighted by molar-refractivity contribution is 6.11. The molecule has 0 radical (unpaired) electrons. The second-order valence-electron chi connectivity index (χ2n) is 5.95. The van der Waals surface area contributed by atoms with Crippen LogP contribution in [0.25, 0.3) is 0 Å². The van der Waals surface area contributed by atoms with Crippen LogP contribution in [0.1, 0.15) is 18.1 Å². The van der Waals surface area contributed by atoms with Crippen molar-refractivity contribution >= 4 is 17.5 Å². The first-order valence-corrected chi connectivity index (χ1v) is 8.24. The van der Waals surface area contributed by atoms with Crippen LogP contribution < -0.4 is 15.4 Å². The number of hydrogen-bond donors (Lipinski definition) is 1. The van der Waals surface area contributed by atoms with Crippen LogP contribution in [0.2, 0.25) is 0 Å². The van der Waals surface area contributed by atoms with Gasteiger partial charge in [-0.15, -0.1) is 0 Å². The molecule has 0 saturated carbocycles. The minimum absolute atomic E-state index is 0.0591. The summed E-state index contributed by atoms with van der Waals surface area (Å²) in [5, 5.41) is 0. The Balaban J connectivity index is 2.35. The van der Waals surface area contributed by atoms with Crippen molar-refractivity contribution in [3.8, 4) is 5.75 Å². The van der Waals surface area contributed by atoms with E-state index in [1.165, 1.54) is 31.4 Å². The molecule has 0 spiro atoms. The van der Waals surface area contributed by atoms with E-state index in [9.17, 15) is 14.0 Å². The molecule has 1 aliphatic rings. The zero-order valence-electron chi connectivity index (χ0n) is 14.8. The number of amides is 2. The van der Waals surface area contributed by atoms with Crippen molar-refractivity contribution in [3.05, 3.63) is 59.2 Å². The number of primary amides is 1. The quantitative estimate of drug-likeness (QED) is 0.837. The molecule has 0 bridgehead atoms. The Morgan fingerprint density at radius 1 is 1.19 bits per heavy atom. The van der Waals surface area contributed by atoms with Crippen LogP contribution in [0.5, 0.6) is 5.75 Å². The molecule has 6 nitrogen and oxygen atoms in total. The maximum atomic E-state index is 15.3. The van der Waals surface area contributed by atoms with E-state index in [-0.39, 0.29) is 29.2 Å². The lowest BCUT2D eigenvalue weighted by atomic mass is 9.86. The second kappa shape index (κ2) is 6.96. The summed E-state index contributed by atoms with van der Waals surface area (Å²) in [5.74, 6) is -2.85. The minimum Gasteiger partial charge on any atom is -0.494 e. The van der Waals surface area contributed by atoms with Gasteiger partial charge in [-0.2, -0.15) is 0 Å². The summed E-state index contributed by atoms with van der Waals surface area (Å²) in [6.07, 6.45) is 0. The standard InChI is InChI=1S/C19H18F2N2O4/c1-3-27-19(11-4-6-12(20)7-5-11)16-13(8-9-14(26-2)17(16)21)23(18(19)25)10-15(22)24/h4-9H,3,10H2,1-2H3,(H2,22,24)/t19-/m0/s1. The number of carbonyl (C=O) groups excluding carboxylic acids is 2. The van der Waals surface area contributed by atoms with E-state index in [0.717, 1.165) is 17.0 Å². The van der Waals surface area contributed by atoms with Crippen molar-refractivity contribution in [1.82, 2.24) is 0 Å². The average molecular weight is 376 g/mol. The number of fused-ring (bicyclic) bond motifs is 1. The summed E-state index contributed by atoms with van der Waals surface area (Å²) < 4.78 is 39.5. The molecular formula is C19H18F2N2O4. The van der Waals surface area contributed by atoms with Gasteiger partial charge in [0.05, 0.1) is 18.4 Å². The van der Waals surface area contributed by atoms with Gasteiger partial charge in [0.25, 0.3) is 5.91 Å². The molecular weight excluding hydrogens is 358 g/mol. The molecule has 2 amide bonds. The Kier molecular flexibility index (Phi) is 4.84. The van der Waals surface area contributed by atoms with Crippen molar-refractivity contribution in [3.63, 3.8) is 0 Å². The first kappa shape index (κ1) is 18.8. The summed E-state index contributed by atoms with van der Waals surface area (Å²) in [5.41, 5.74) is 3.67. The Morgan fingerprint density at radius 3 is 2.41 bits per heavy atom. The highest BCUT2D eigenvalue weighted by Gasteiger charge is 2.56. The number of ether oxygens (including phenoxy) is 2. The number of nitrogens with two attached hydrogens (primary N) is 1. The monoisotopic (exact) mass is 376 g/mol. The van der Waals surface area contributed by atoms with Gasteiger partial charge in [-0.25, -0.2) is 8.78 Å². The lowest BCUT2D eigenvalue weighted by Gasteiger charge is -2.29. The van der Waals surface area contributed by atoms with Crippen molar-refractivity contribution in [1.29, 1.82) is 0 Å². The largest absolute Gasteiger partial charge is 0.494 e. The number of nitrogens with zero attached hydrogens (tertiary/aromatic N) is 1. The van der Waals surface area contributed by atoms with E-state index in [4.69, 9.17) is 15.2 Å². The first-order valence-electron chi connectivity index (χ1n) is 8.24. The first-order chi connectivity index (χ1) is 12.9. The molecule has 0 fully saturated rings. The zero-order valence-corrected chi connectivity index (χ0v) is 14.8. The maximum absolute atomic E-state index is 15.3. The number of methoxy groups -OCH3 is 1. The summed E-state index contributed by atoms with van der Waals surface area (Å²) in [7, 11) is 1.29. The molecule has 0 aromatic heterocycles. The molecule has 0 unspecified atom stereocenters. The number of benzene rings is 2. The van der Waals surface area contributed by atoms with Crippen molar-refractivity contribution in [2.45, 2.75) is 12.5 Å². The van der Waals surface area contributed by atoms with Gasteiger partial charge in [-0.05, 0) is 36.8 Å². The van der Waals surface area contributed by atoms with Crippen molar-refractivity contribution in [2.24, 2.45) is 5.73 Å². The lowest BCUT2D eigenvalue weighted by Crippen LogP contribution is -2.46. The molecule has 1 aliphatic heterocycles. The van der Waals surface area contributed by atoms with Gasteiger partial charge in [0.1, 0.15) is 12.4 Å². The summed E-state index contributed by atoms with van der Waals surface area (Å²) in [4.78, 5) is 25.9. The second-order valence-corrected chi connectivity index (χ2v) is 5.95. The van der Waals surface area contributed by atoms with Crippen LogP contribution in [0.3, 0.4) is 0 Å². The average Bonchev–Trinajstić information content (AvgIpc) is 2.86. The lowest BCUT2D eigenvalue weighted by molar-refractivity contribution is -0.138. The van der Waals surface area contributed by atoms with Gasteiger partial charge >= 0.3 is 0 Å². The molecule has 2 aromatic rings.